The standard InChI is InChI=1S/C24H42O4S/c1-4-6-8-10-12-15-22-17-14-18-23(16-13-11-9-7-5-2)24(22)28-21(3)19-20-29(25,26)27/h14,17-18,21H,4-13,15-16,19-20H2,1-3H3,(H,25,26,27). The van der Waals surface area contributed by atoms with Crippen molar-refractivity contribution in [2.45, 2.75) is 110 Å². The molecule has 1 rings (SSSR count). The number of rotatable bonds is 17. The molecule has 0 saturated heterocycles. The van der Waals surface area contributed by atoms with Crippen LogP contribution in [-0.2, 0) is 23.0 Å². The van der Waals surface area contributed by atoms with E-state index in [-0.39, 0.29) is 11.9 Å². The molecule has 0 saturated carbocycles. The molecule has 0 fully saturated rings. The van der Waals surface area contributed by atoms with Crippen molar-refractivity contribution in [1.82, 2.24) is 0 Å². The number of unbranched alkanes of at least 4 members (excludes halogenated alkanes) is 8. The van der Waals surface area contributed by atoms with Crippen LogP contribution < -0.4 is 4.74 Å². The summed E-state index contributed by atoms with van der Waals surface area (Å²) in [5.41, 5.74) is 2.46. The zero-order chi connectivity index (χ0) is 21.5. The molecule has 0 spiro atoms. The average molecular weight is 427 g/mol. The maximum absolute atomic E-state index is 11.1. The molecule has 4 nitrogen and oxygen atoms in total. The van der Waals surface area contributed by atoms with Gasteiger partial charge in [-0.1, -0.05) is 83.4 Å². The normalized spacial score (nSPS) is 12.8. The van der Waals surface area contributed by atoms with E-state index in [9.17, 15) is 8.42 Å². The molecule has 5 heteroatoms. The minimum atomic E-state index is -3.96. The van der Waals surface area contributed by atoms with Crippen molar-refractivity contribution < 1.29 is 17.7 Å². The number of hydrogen-bond donors (Lipinski definition) is 1. The van der Waals surface area contributed by atoms with Crippen molar-refractivity contribution in [2.24, 2.45) is 0 Å². The van der Waals surface area contributed by atoms with Gasteiger partial charge in [-0.15, -0.1) is 0 Å². The minimum Gasteiger partial charge on any atom is -0.490 e. The van der Waals surface area contributed by atoms with Gasteiger partial charge in [0.05, 0.1) is 11.9 Å². The molecule has 0 radical (unpaired) electrons. The summed E-state index contributed by atoms with van der Waals surface area (Å²) < 4.78 is 37.4. The van der Waals surface area contributed by atoms with E-state index in [1.807, 2.05) is 6.92 Å². The molecule has 0 aliphatic carbocycles. The van der Waals surface area contributed by atoms with Gasteiger partial charge in [-0.2, -0.15) is 8.42 Å². The quantitative estimate of drug-likeness (QED) is 0.221. The first kappa shape index (κ1) is 26.0. The number of benzene rings is 1. The number of ether oxygens (including phenoxy) is 1. The lowest BCUT2D eigenvalue weighted by Gasteiger charge is -2.21. The number of hydrogen-bond acceptors (Lipinski definition) is 3. The van der Waals surface area contributed by atoms with Gasteiger partial charge in [0.15, 0.2) is 0 Å². The Morgan fingerprint density at radius 1 is 0.862 bits per heavy atom. The van der Waals surface area contributed by atoms with Gasteiger partial charge in [-0.25, -0.2) is 0 Å². The summed E-state index contributed by atoms with van der Waals surface area (Å²) in [4.78, 5) is 0. The Hall–Kier alpha value is -1.07. The van der Waals surface area contributed by atoms with Gasteiger partial charge in [-0.05, 0) is 43.7 Å². The van der Waals surface area contributed by atoms with Crippen molar-refractivity contribution in [3.8, 4) is 5.75 Å². The van der Waals surface area contributed by atoms with Gasteiger partial charge in [0.1, 0.15) is 5.75 Å². The second-order valence-electron chi connectivity index (χ2n) is 8.24. The summed E-state index contributed by atoms with van der Waals surface area (Å²) in [5.74, 6) is 0.681. The van der Waals surface area contributed by atoms with E-state index in [1.54, 1.807) is 0 Å². The van der Waals surface area contributed by atoms with Crippen LogP contribution in [0.4, 0.5) is 0 Å². The van der Waals surface area contributed by atoms with Gasteiger partial charge < -0.3 is 4.74 Å². The van der Waals surface area contributed by atoms with E-state index in [0.717, 1.165) is 31.4 Å². The maximum Gasteiger partial charge on any atom is 0.264 e. The summed E-state index contributed by atoms with van der Waals surface area (Å²) in [5, 5.41) is 0. The predicted octanol–water partition coefficient (Wildman–Crippen LogP) is 6.76. The largest absolute Gasteiger partial charge is 0.490 e. The summed E-state index contributed by atoms with van der Waals surface area (Å²) in [7, 11) is -3.96. The van der Waals surface area contributed by atoms with E-state index >= 15 is 0 Å². The Kier molecular flexibility index (Phi) is 13.3. The van der Waals surface area contributed by atoms with E-state index in [0.29, 0.717) is 6.42 Å². The molecule has 1 N–H and O–H groups in total. The molecule has 0 heterocycles. The summed E-state index contributed by atoms with van der Waals surface area (Å²) in [6.07, 6.45) is 14.4. The van der Waals surface area contributed by atoms with Crippen molar-refractivity contribution in [1.29, 1.82) is 0 Å². The van der Waals surface area contributed by atoms with Crippen LogP contribution in [0.2, 0.25) is 0 Å². The zero-order valence-corrected chi connectivity index (χ0v) is 19.6. The smallest absolute Gasteiger partial charge is 0.264 e. The van der Waals surface area contributed by atoms with Crippen molar-refractivity contribution in [3.63, 3.8) is 0 Å². The first-order chi connectivity index (χ1) is 13.9. The lowest BCUT2D eigenvalue weighted by molar-refractivity contribution is 0.212. The Morgan fingerprint density at radius 3 is 1.79 bits per heavy atom. The van der Waals surface area contributed by atoms with E-state index in [2.05, 4.69) is 32.0 Å². The van der Waals surface area contributed by atoms with Gasteiger partial charge in [0, 0.05) is 6.42 Å². The molecule has 1 aromatic rings. The zero-order valence-electron chi connectivity index (χ0n) is 18.8. The Bertz CT molecular complexity index is 623. The van der Waals surface area contributed by atoms with Crippen LogP contribution >= 0.6 is 0 Å². The lowest BCUT2D eigenvalue weighted by atomic mass is 9.98. The van der Waals surface area contributed by atoms with Crippen molar-refractivity contribution in [2.75, 3.05) is 5.75 Å². The molecular formula is C24H42O4S. The Balaban J connectivity index is 2.79. The molecule has 0 aliphatic heterocycles. The average Bonchev–Trinajstić information content (AvgIpc) is 2.67. The fraction of sp³-hybridized carbons (Fsp3) is 0.750. The van der Waals surface area contributed by atoms with E-state index in [1.165, 1.54) is 62.5 Å². The monoisotopic (exact) mass is 426 g/mol. The third kappa shape index (κ3) is 12.3. The molecule has 0 aliphatic rings. The Labute approximate surface area is 179 Å². The van der Waals surface area contributed by atoms with Crippen LogP contribution in [0.1, 0.15) is 103 Å². The number of aryl methyl sites for hydroxylation is 2. The van der Waals surface area contributed by atoms with Crippen LogP contribution in [0.15, 0.2) is 18.2 Å². The topological polar surface area (TPSA) is 63.6 Å². The highest BCUT2D eigenvalue weighted by Gasteiger charge is 2.15. The first-order valence-electron chi connectivity index (χ1n) is 11.6. The molecular weight excluding hydrogens is 384 g/mol. The predicted molar refractivity (Wildman–Crippen MR) is 122 cm³/mol. The molecule has 1 unspecified atom stereocenters. The van der Waals surface area contributed by atoms with Gasteiger partial charge in [-0.3, -0.25) is 4.55 Å². The molecule has 0 aromatic heterocycles. The van der Waals surface area contributed by atoms with Crippen molar-refractivity contribution >= 4 is 10.1 Å². The third-order valence-corrected chi connectivity index (χ3v) is 6.13. The van der Waals surface area contributed by atoms with Crippen LogP contribution in [-0.4, -0.2) is 24.8 Å². The molecule has 29 heavy (non-hydrogen) atoms. The SMILES string of the molecule is CCCCCCCc1cccc(CCCCCCC)c1OC(C)CCS(=O)(=O)O. The molecule has 1 atom stereocenters. The van der Waals surface area contributed by atoms with Crippen molar-refractivity contribution in [3.05, 3.63) is 29.3 Å². The molecule has 0 bridgehead atoms. The highest BCUT2D eigenvalue weighted by atomic mass is 32.2. The van der Waals surface area contributed by atoms with Gasteiger partial charge in [0.25, 0.3) is 10.1 Å². The lowest BCUT2D eigenvalue weighted by Crippen LogP contribution is -2.19. The fourth-order valence-electron chi connectivity index (χ4n) is 3.60. The highest BCUT2D eigenvalue weighted by Crippen LogP contribution is 2.29. The van der Waals surface area contributed by atoms with Crippen LogP contribution in [0, 0.1) is 0 Å². The second-order valence-corrected chi connectivity index (χ2v) is 9.81. The van der Waals surface area contributed by atoms with E-state index < -0.39 is 10.1 Å². The van der Waals surface area contributed by atoms with Crippen LogP contribution in [0.5, 0.6) is 5.75 Å². The third-order valence-electron chi connectivity index (χ3n) is 5.38. The maximum atomic E-state index is 11.1. The second kappa shape index (κ2) is 14.8. The first-order valence-corrected chi connectivity index (χ1v) is 13.2. The molecule has 168 valence electrons. The van der Waals surface area contributed by atoms with Crippen LogP contribution in [0.25, 0.3) is 0 Å². The van der Waals surface area contributed by atoms with E-state index in [4.69, 9.17) is 9.29 Å². The fourth-order valence-corrected chi connectivity index (χ4v) is 4.23. The van der Waals surface area contributed by atoms with Gasteiger partial charge in [0.2, 0.25) is 0 Å². The van der Waals surface area contributed by atoms with Crippen LogP contribution in [0.3, 0.4) is 0 Å². The highest BCUT2D eigenvalue weighted by molar-refractivity contribution is 7.85. The molecule has 1 aromatic carbocycles. The van der Waals surface area contributed by atoms with Gasteiger partial charge >= 0.3 is 0 Å². The summed E-state index contributed by atoms with van der Waals surface area (Å²) >= 11 is 0. The summed E-state index contributed by atoms with van der Waals surface area (Å²) in [6.45, 7) is 6.34. The molecule has 0 amide bonds. The Morgan fingerprint density at radius 2 is 1.34 bits per heavy atom. The minimum absolute atomic E-state index is 0.253. The summed E-state index contributed by atoms with van der Waals surface area (Å²) in [6, 6.07) is 6.41. The number of para-hydroxylation sites is 1.